The first-order valence-corrected chi connectivity index (χ1v) is 5.16. The molecule has 1 rings (SSSR count). The third kappa shape index (κ3) is 4.40. The summed E-state index contributed by atoms with van der Waals surface area (Å²) >= 11 is 0. The van der Waals surface area contributed by atoms with E-state index in [0.717, 1.165) is 12.1 Å². The molecule has 0 aliphatic heterocycles. The van der Waals surface area contributed by atoms with Crippen LogP contribution >= 0.6 is 0 Å². The molecule has 0 saturated carbocycles. The van der Waals surface area contributed by atoms with Gasteiger partial charge in [-0.25, -0.2) is 4.39 Å². The molecule has 1 aromatic rings. The Morgan fingerprint density at radius 3 is 2.33 bits per heavy atom. The van der Waals surface area contributed by atoms with Gasteiger partial charge in [-0.1, -0.05) is 12.1 Å². The zero-order valence-electron chi connectivity index (χ0n) is 9.55. The van der Waals surface area contributed by atoms with E-state index in [4.69, 9.17) is 5.73 Å². The fourth-order valence-electron chi connectivity index (χ4n) is 1.29. The Kier molecular flexibility index (Phi) is 3.83. The second-order valence-corrected chi connectivity index (χ2v) is 4.64. The van der Waals surface area contributed by atoms with Crippen molar-refractivity contribution < 1.29 is 4.39 Å². The Morgan fingerprint density at radius 1 is 1.33 bits per heavy atom. The molecule has 1 atom stereocenters. The van der Waals surface area contributed by atoms with Crippen molar-refractivity contribution in [1.29, 1.82) is 0 Å². The molecule has 1 aromatic carbocycles. The normalized spacial score (nSPS) is 13.9. The van der Waals surface area contributed by atoms with E-state index in [2.05, 4.69) is 5.32 Å². The molecule has 3 N–H and O–H groups in total. The first-order chi connectivity index (χ1) is 6.88. The molecule has 0 spiro atoms. The summed E-state index contributed by atoms with van der Waals surface area (Å²) in [6.45, 7) is 6.71. The molecular weight excluding hydrogens is 191 g/mol. The standard InChI is InChI=1S/C12H19FN2/c1-9(15-8-12(2,3)14)10-4-6-11(13)7-5-10/h4-7,9,15H,8,14H2,1-3H3. The summed E-state index contributed by atoms with van der Waals surface area (Å²) in [7, 11) is 0. The van der Waals surface area contributed by atoms with Gasteiger partial charge in [-0.3, -0.25) is 0 Å². The van der Waals surface area contributed by atoms with E-state index in [0.29, 0.717) is 0 Å². The van der Waals surface area contributed by atoms with Crippen LogP contribution in [0.4, 0.5) is 4.39 Å². The van der Waals surface area contributed by atoms with Gasteiger partial charge >= 0.3 is 0 Å². The number of halogens is 1. The predicted octanol–water partition coefficient (Wildman–Crippen LogP) is 2.21. The van der Waals surface area contributed by atoms with E-state index in [1.54, 1.807) is 12.1 Å². The van der Waals surface area contributed by atoms with Gasteiger partial charge in [0.1, 0.15) is 5.82 Å². The minimum Gasteiger partial charge on any atom is -0.324 e. The number of nitrogens with one attached hydrogen (secondary N) is 1. The van der Waals surface area contributed by atoms with Gasteiger partial charge < -0.3 is 11.1 Å². The molecule has 0 aliphatic carbocycles. The molecule has 84 valence electrons. The molecule has 0 amide bonds. The van der Waals surface area contributed by atoms with Crippen LogP contribution in [0.15, 0.2) is 24.3 Å². The van der Waals surface area contributed by atoms with Gasteiger partial charge in [0.25, 0.3) is 0 Å². The van der Waals surface area contributed by atoms with Crippen molar-refractivity contribution in [1.82, 2.24) is 5.32 Å². The largest absolute Gasteiger partial charge is 0.324 e. The highest BCUT2D eigenvalue weighted by Gasteiger charge is 2.12. The van der Waals surface area contributed by atoms with Gasteiger partial charge in [0.2, 0.25) is 0 Å². The Morgan fingerprint density at radius 2 is 1.87 bits per heavy atom. The number of nitrogens with two attached hydrogens (primary N) is 1. The summed E-state index contributed by atoms with van der Waals surface area (Å²) in [5.41, 5.74) is 6.71. The maximum absolute atomic E-state index is 12.7. The second-order valence-electron chi connectivity index (χ2n) is 4.64. The van der Waals surface area contributed by atoms with Crippen LogP contribution in [0.5, 0.6) is 0 Å². The van der Waals surface area contributed by atoms with Crippen molar-refractivity contribution in [3.8, 4) is 0 Å². The molecule has 2 nitrogen and oxygen atoms in total. The van der Waals surface area contributed by atoms with Crippen LogP contribution in [0.3, 0.4) is 0 Å². The van der Waals surface area contributed by atoms with Crippen LogP contribution < -0.4 is 11.1 Å². The SMILES string of the molecule is CC(NCC(C)(C)N)c1ccc(F)cc1. The van der Waals surface area contributed by atoms with Crippen LogP contribution in [0.1, 0.15) is 32.4 Å². The lowest BCUT2D eigenvalue weighted by molar-refractivity contribution is 0.434. The average molecular weight is 210 g/mol. The van der Waals surface area contributed by atoms with E-state index < -0.39 is 0 Å². The maximum Gasteiger partial charge on any atom is 0.123 e. The predicted molar refractivity (Wildman–Crippen MR) is 61.1 cm³/mol. The van der Waals surface area contributed by atoms with Gasteiger partial charge in [-0.05, 0) is 38.5 Å². The molecule has 0 aliphatic rings. The molecular formula is C12H19FN2. The highest BCUT2D eigenvalue weighted by atomic mass is 19.1. The van der Waals surface area contributed by atoms with Crippen LogP contribution in [0, 0.1) is 5.82 Å². The first-order valence-electron chi connectivity index (χ1n) is 5.16. The molecule has 0 aromatic heterocycles. The molecule has 0 heterocycles. The molecule has 3 heteroatoms. The third-order valence-electron chi connectivity index (χ3n) is 2.23. The average Bonchev–Trinajstić information content (AvgIpc) is 2.14. The summed E-state index contributed by atoms with van der Waals surface area (Å²) in [5, 5.41) is 3.31. The quantitative estimate of drug-likeness (QED) is 0.799. The van der Waals surface area contributed by atoms with Crippen LogP contribution in [-0.2, 0) is 0 Å². The van der Waals surface area contributed by atoms with E-state index in [1.165, 1.54) is 12.1 Å². The lowest BCUT2D eigenvalue weighted by atomic mass is 10.0. The van der Waals surface area contributed by atoms with Crippen molar-refractivity contribution >= 4 is 0 Å². The summed E-state index contributed by atoms with van der Waals surface area (Å²) in [6, 6.07) is 6.71. The van der Waals surface area contributed by atoms with E-state index in [1.807, 2.05) is 20.8 Å². The fourth-order valence-corrected chi connectivity index (χ4v) is 1.29. The van der Waals surface area contributed by atoms with Crippen LogP contribution in [-0.4, -0.2) is 12.1 Å². The van der Waals surface area contributed by atoms with Crippen molar-refractivity contribution in [3.05, 3.63) is 35.6 Å². The van der Waals surface area contributed by atoms with Crippen molar-refractivity contribution in [2.24, 2.45) is 5.73 Å². The minimum atomic E-state index is -0.228. The second kappa shape index (κ2) is 4.73. The summed E-state index contributed by atoms with van der Waals surface area (Å²) in [5.74, 6) is -0.204. The summed E-state index contributed by atoms with van der Waals surface area (Å²) in [6.07, 6.45) is 0. The van der Waals surface area contributed by atoms with E-state index in [9.17, 15) is 4.39 Å². The lowest BCUT2D eigenvalue weighted by Gasteiger charge is -2.22. The molecule has 0 bridgehead atoms. The molecule has 15 heavy (non-hydrogen) atoms. The van der Waals surface area contributed by atoms with Gasteiger partial charge in [-0.15, -0.1) is 0 Å². The number of hydrogen-bond acceptors (Lipinski definition) is 2. The van der Waals surface area contributed by atoms with Gasteiger partial charge in [0.15, 0.2) is 0 Å². The van der Waals surface area contributed by atoms with E-state index in [-0.39, 0.29) is 17.4 Å². The van der Waals surface area contributed by atoms with E-state index >= 15 is 0 Å². The number of benzene rings is 1. The monoisotopic (exact) mass is 210 g/mol. The molecule has 0 saturated heterocycles. The van der Waals surface area contributed by atoms with Crippen molar-refractivity contribution in [2.45, 2.75) is 32.4 Å². The maximum atomic E-state index is 12.7. The molecule has 0 fully saturated rings. The number of rotatable bonds is 4. The fraction of sp³-hybridized carbons (Fsp3) is 0.500. The summed E-state index contributed by atoms with van der Waals surface area (Å²) < 4.78 is 12.7. The highest BCUT2D eigenvalue weighted by molar-refractivity contribution is 5.19. The van der Waals surface area contributed by atoms with Gasteiger partial charge in [-0.2, -0.15) is 0 Å². The van der Waals surface area contributed by atoms with Crippen molar-refractivity contribution in [3.63, 3.8) is 0 Å². The zero-order valence-corrected chi connectivity index (χ0v) is 9.55. The third-order valence-corrected chi connectivity index (χ3v) is 2.23. The van der Waals surface area contributed by atoms with Crippen LogP contribution in [0.2, 0.25) is 0 Å². The van der Waals surface area contributed by atoms with Crippen molar-refractivity contribution in [2.75, 3.05) is 6.54 Å². The van der Waals surface area contributed by atoms with Gasteiger partial charge in [0.05, 0.1) is 0 Å². The topological polar surface area (TPSA) is 38.0 Å². The highest BCUT2D eigenvalue weighted by Crippen LogP contribution is 2.13. The van der Waals surface area contributed by atoms with Gasteiger partial charge in [0, 0.05) is 18.1 Å². The smallest absolute Gasteiger partial charge is 0.123 e. The zero-order chi connectivity index (χ0) is 11.5. The lowest BCUT2D eigenvalue weighted by Crippen LogP contribution is -2.43. The Labute approximate surface area is 90.7 Å². The number of hydrogen-bond donors (Lipinski definition) is 2. The Hall–Kier alpha value is -0.930. The summed E-state index contributed by atoms with van der Waals surface area (Å²) in [4.78, 5) is 0. The Balaban J connectivity index is 2.54. The first kappa shape index (κ1) is 12.1. The molecule has 0 radical (unpaired) electrons. The molecule has 1 unspecified atom stereocenters. The minimum absolute atomic E-state index is 0.188. The Bertz CT molecular complexity index is 300. The van der Waals surface area contributed by atoms with Crippen LogP contribution in [0.25, 0.3) is 0 Å².